The van der Waals surface area contributed by atoms with Crippen molar-refractivity contribution in [2.24, 2.45) is 0 Å². The Balaban J connectivity index is 2.17. The van der Waals surface area contributed by atoms with Crippen molar-refractivity contribution in [2.45, 2.75) is 9.79 Å². The van der Waals surface area contributed by atoms with E-state index >= 15 is 0 Å². The van der Waals surface area contributed by atoms with E-state index in [4.69, 9.17) is 23.2 Å². The van der Waals surface area contributed by atoms with E-state index in [9.17, 15) is 4.79 Å². The molecule has 0 aliphatic heterocycles. The lowest BCUT2D eigenvalue weighted by molar-refractivity contribution is 0.0600. The van der Waals surface area contributed by atoms with Gasteiger partial charge in [-0.3, -0.25) is 0 Å². The van der Waals surface area contributed by atoms with Gasteiger partial charge in [0, 0.05) is 14.8 Å². The molecular weight excluding hydrogens is 303 g/mol. The van der Waals surface area contributed by atoms with Crippen molar-refractivity contribution < 1.29 is 9.53 Å². The van der Waals surface area contributed by atoms with E-state index in [1.807, 2.05) is 18.2 Å². The van der Waals surface area contributed by atoms with Gasteiger partial charge in [0.1, 0.15) is 0 Å². The van der Waals surface area contributed by atoms with Crippen molar-refractivity contribution in [3.63, 3.8) is 0 Å². The molecule has 0 bridgehead atoms. The van der Waals surface area contributed by atoms with Gasteiger partial charge < -0.3 is 4.74 Å². The first-order valence-electron chi connectivity index (χ1n) is 5.41. The van der Waals surface area contributed by atoms with E-state index < -0.39 is 0 Å². The number of esters is 1. The Bertz CT molecular complexity index is 597. The van der Waals surface area contributed by atoms with Crippen molar-refractivity contribution in [2.75, 3.05) is 7.11 Å². The number of carbonyl (C=O) groups is 1. The molecule has 0 N–H and O–H groups in total. The van der Waals surface area contributed by atoms with Crippen LogP contribution < -0.4 is 0 Å². The molecule has 0 saturated heterocycles. The van der Waals surface area contributed by atoms with E-state index in [-0.39, 0.29) is 5.97 Å². The fourth-order valence-electron chi connectivity index (χ4n) is 1.46. The van der Waals surface area contributed by atoms with Gasteiger partial charge in [-0.1, -0.05) is 35.0 Å². The zero-order valence-corrected chi connectivity index (χ0v) is 12.4. The number of benzene rings is 2. The number of hydrogen-bond donors (Lipinski definition) is 0. The van der Waals surface area contributed by atoms with Crippen molar-refractivity contribution in [3.8, 4) is 0 Å². The minimum absolute atomic E-state index is 0.346. The van der Waals surface area contributed by atoms with E-state index in [0.29, 0.717) is 15.6 Å². The van der Waals surface area contributed by atoms with Crippen molar-refractivity contribution >= 4 is 40.9 Å². The van der Waals surface area contributed by atoms with E-state index in [2.05, 4.69) is 4.74 Å². The Morgan fingerprint density at radius 3 is 2.37 bits per heavy atom. The smallest absolute Gasteiger partial charge is 0.337 e. The average molecular weight is 313 g/mol. The summed E-state index contributed by atoms with van der Waals surface area (Å²) in [4.78, 5) is 13.2. The number of carbonyl (C=O) groups excluding carboxylic acids is 1. The van der Waals surface area contributed by atoms with Crippen LogP contribution in [0.3, 0.4) is 0 Å². The molecule has 2 aromatic rings. The molecule has 2 rings (SSSR count). The zero-order valence-electron chi connectivity index (χ0n) is 10.0. The van der Waals surface area contributed by atoms with E-state index in [1.54, 1.807) is 24.3 Å². The first-order chi connectivity index (χ1) is 9.10. The quantitative estimate of drug-likeness (QED) is 0.751. The first kappa shape index (κ1) is 14.3. The monoisotopic (exact) mass is 312 g/mol. The van der Waals surface area contributed by atoms with E-state index in [1.165, 1.54) is 18.9 Å². The van der Waals surface area contributed by atoms with Crippen LogP contribution >= 0.6 is 35.0 Å². The molecule has 0 aliphatic rings. The summed E-state index contributed by atoms with van der Waals surface area (Å²) in [7, 11) is 1.36. The average Bonchev–Trinajstić information content (AvgIpc) is 2.42. The molecule has 0 heterocycles. The fourth-order valence-corrected chi connectivity index (χ4v) is 2.80. The summed E-state index contributed by atoms with van der Waals surface area (Å²) in [6.45, 7) is 0. The molecule has 0 atom stereocenters. The number of rotatable bonds is 3. The molecule has 0 saturated carbocycles. The second-order valence-corrected chi connectivity index (χ2v) is 5.65. The molecule has 0 amide bonds. The fraction of sp³-hybridized carbons (Fsp3) is 0.0714. The highest BCUT2D eigenvalue weighted by Gasteiger charge is 2.07. The SMILES string of the molecule is COC(=O)c1ccc(Sc2ccc(Cl)cc2Cl)cc1. The van der Waals surface area contributed by atoms with Crippen molar-refractivity contribution in [1.29, 1.82) is 0 Å². The topological polar surface area (TPSA) is 26.3 Å². The molecule has 0 spiro atoms. The van der Waals surface area contributed by atoms with E-state index in [0.717, 1.165) is 9.79 Å². The lowest BCUT2D eigenvalue weighted by Crippen LogP contribution is -2.00. The maximum absolute atomic E-state index is 11.3. The third-order valence-corrected chi connectivity index (χ3v) is 4.14. The summed E-state index contributed by atoms with van der Waals surface area (Å²) in [6, 6.07) is 12.5. The van der Waals surface area contributed by atoms with Gasteiger partial charge in [0.2, 0.25) is 0 Å². The van der Waals surface area contributed by atoms with Crippen LogP contribution in [0.25, 0.3) is 0 Å². The van der Waals surface area contributed by atoms with Gasteiger partial charge in [-0.2, -0.15) is 0 Å². The van der Waals surface area contributed by atoms with Crippen LogP contribution in [0.2, 0.25) is 10.0 Å². The maximum atomic E-state index is 11.3. The molecule has 0 radical (unpaired) electrons. The molecular formula is C14H10Cl2O2S. The largest absolute Gasteiger partial charge is 0.465 e. The Morgan fingerprint density at radius 2 is 1.79 bits per heavy atom. The van der Waals surface area contributed by atoms with Gasteiger partial charge in [-0.15, -0.1) is 0 Å². The minimum atomic E-state index is -0.346. The van der Waals surface area contributed by atoms with Gasteiger partial charge in [0.15, 0.2) is 0 Å². The Kier molecular flexibility index (Phi) is 4.75. The highest BCUT2D eigenvalue weighted by Crippen LogP contribution is 2.34. The van der Waals surface area contributed by atoms with Crippen LogP contribution in [0.5, 0.6) is 0 Å². The summed E-state index contributed by atoms with van der Waals surface area (Å²) < 4.78 is 4.65. The number of ether oxygens (including phenoxy) is 1. The van der Waals surface area contributed by atoms with Gasteiger partial charge in [-0.05, 0) is 42.5 Å². The molecule has 98 valence electrons. The maximum Gasteiger partial charge on any atom is 0.337 e. The predicted molar refractivity (Wildman–Crippen MR) is 78.4 cm³/mol. The summed E-state index contributed by atoms with van der Waals surface area (Å²) in [5.74, 6) is -0.346. The van der Waals surface area contributed by atoms with Gasteiger partial charge in [0.25, 0.3) is 0 Å². The molecule has 0 aromatic heterocycles. The zero-order chi connectivity index (χ0) is 13.8. The summed E-state index contributed by atoms with van der Waals surface area (Å²) in [6.07, 6.45) is 0. The number of methoxy groups -OCH3 is 1. The molecule has 2 aromatic carbocycles. The first-order valence-corrected chi connectivity index (χ1v) is 6.98. The van der Waals surface area contributed by atoms with Crippen LogP contribution in [0.15, 0.2) is 52.3 Å². The van der Waals surface area contributed by atoms with Crippen molar-refractivity contribution in [3.05, 3.63) is 58.1 Å². The summed E-state index contributed by atoms with van der Waals surface area (Å²) in [5.41, 5.74) is 0.522. The van der Waals surface area contributed by atoms with Crippen molar-refractivity contribution in [1.82, 2.24) is 0 Å². The van der Waals surface area contributed by atoms with Crippen LogP contribution in [-0.2, 0) is 4.74 Å². The van der Waals surface area contributed by atoms with Crippen LogP contribution in [-0.4, -0.2) is 13.1 Å². The van der Waals surface area contributed by atoms with Crippen LogP contribution in [0, 0.1) is 0 Å². The number of hydrogen-bond acceptors (Lipinski definition) is 3. The Hall–Kier alpha value is -1.16. The van der Waals surface area contributed by atoms with Gasteiger partial charge in [-0.25, -0.2) is 4.79 Å². The molecule has 5 heteroatoms. The summed E-state index contributed by atoms with van der Waals surface area (Å²) in [5, 5.41) is 1.21. The second kappa shape index (κ2) is 6.33. The molecule has 19 heavy (non-hydrogen) atoms. The molecule has 0 unspecified atom stereocenters. The third-order valence-electron chi connectivity index (χ3n) is 2.40. The minimum Gasteiger partial charge on any atom is -0.465 e. The standard InChI is InChI=1S/C14H10Cl2O2S/c1-18-14(17)9-2-5-11(6-3-9)19-13-7-4-10(15)8-12(13)16/h2-8H,1H3. The normalized spacial score (nSPS) is 10.3. The highest BCUT2D eigenvalue weighted by molar-refractivity contribution is 7.99. The second-order valence-electron chi connectivity index (χ2n) is 3.69. The third kappa shape index (κ3) is 3.66. The predicted octanol–water partition coefficient (Wildman–Crippen LogP) is 4.93. The molecule has 2 nitrogen and oxygen atoms in total. The highest BCUT2D eigenvalue weighted by atomic mass is 35.5. The van der Waals surface area contributed by atoms with Crippen LogP contribution in [0.1, 0.15) is 10.4 Å². The summed E-state index contributed by atoms with van der Waals surface area (Å²) >= 11 is 13.5. The van der Waals surface area contributed by atoms with Crippen LogP contribution in [0.4, 0.5) is 0 Å². The molecule has 0 aliphatic carbocycles. The number of halogens is 2. The lowest BCUT2D eigenvalue weighted by Gasteiger charge is -2.05. The van der Waals surface area contributed by atoms with Gasteiger partial charge >= 0.3 is 5.97 Å². The lowest BCUT2D eigenvalue weighted by atomic mass is 10.2. The Labute approximate surface area is 125 Å². The Morgan fingerprint density at radius 1 is 1.11 bits per heavy atom. The van der Waals surface area contributed by atoms with Gasteiger partial charge in [0.05, 0.1) is 17.7 Å². The molecule has 0 fully saturated rings.